The van der Waals surface area contributed by atoms with Crippen LogP contribution in [0.1, 0.15) is 25.7 Å². The van der Waals surface area contributed by atoms with E-state index in [0.29, 0.717) is 21.9 Å². The lowest BCUT2D eigenvalue weighted by Crippen LogP contribution is -2.49. The minimum atomic E-state index is -3.53. The molecule has 2 atom stereocenters. The second-order valence-electron chi connectivity index (χ2n) is 6.60. The molecule has 2 bridgehead atoms. The molecule has 5 nitrogen and oxygen atoms in total. The molecule has 0 radical (unpaired) electrons. The lowest BCUT2D eigenvalue weighted by molar-refractivity contribution is 0.249. The highest BCUT2D eigenvalue weighted by atomic mass is 32.2. The van der Waals surface area contributed by atoms with E-state index in [4.69, 9.17) is 0 Å². The lowest BCUT2D eigenvalue weighted by Gasteiger charge is -2.37. The van der Waals surface area contributed by atoms with Crippen LogP contribution in [0.4, 0.5) is 0 Å². The van der Waals surface area contributed by atoms with Crippen LogP contribution in [0.5, 0.6) is 0 Å². The van der Waals surface area contributed by atoms with Gasteiger partial charge >= 0.3 is 0 Å². The van der Waals surface area contributed by atoms with Crippen molar-refractivity contribution in [2.45, 2.75) is 52.1 Å². The zero-order valence-electron chi connectivity index (χ0n) is 13.5. The molecule has 134 valence electrons. The first-order valence-corrected chi connectivity index (χ1v) is 12.1. The Balaban J connectivity index is 1.63. The second-order valence-corrected chi connectivity index (χ2v) is 11.8. The molecule has 2 aliphatic rings. The van der Waals surface area contributed by atoms with Crippen molar-refractivity contribution in [3.8, 4) is 0 Å². The molecule has 0 saturated carbocycles. The highest BCUT2D eigenvalue weighted by Gasteiger charge is 2.50. The lowest BCUT2D eigenvalue weighted by atomic mass is 10.1. The smallest absolute Gasteiger partial charge is 0.223 e. The molecule has 1 aromatic carbocycles. The molecule has 2 fully saturated rings. The van der Waals surface area contributed by atoms with E-state index in [-0.39, 0.29) is 12.1 Å². The number of rotatable bonds is 4. The molecule has 25 heavy (non-hydrogen) atoms. The largest absolute Gasteiger partial charge is 0.253 e. The van der Waals surface area contributed by atoms with Gasteiger partial charge in [-0.3, -0.25) is 0 Å². The Bertz CT molecular complexity index is 939. The second kappa shape index (κ2) is 6.19. The Morgan fingerprint density at radius 2 is 1.52 bits per heavy atom. The molecule has 1 aromatic heterocycles. The third kappa shape index (κ3) is 2.85. The predicted octanol–water partition coefficient (Wildman–Crippen LogP) is 2.91. The summed E-state index contributed by atoms with van der Waals surface area (Å²) in [6.07, 6.45) is 2.21. The van der Waals surface area contributed by atoms with Crippen LogP contribution in [-0.4, -0.2) is 38.5 Å². The summed E-state index contributed by atoms with van der Waals surface area (Å²) in [5, 5.41) is 1.24. The first-order valence-electron chi connectivity index (χ1n) is 8.26. The van der Waals surface area contributed by atoms with Crippen molar-refractivity contribution in [1.82, 2.24) is 4.31 Å². The molecule has 0 amide bonds. The first kappa shape index (κ1) is 17.2. The number of sulfone groups is 1. The molecular formula is C17H19NO4S3. The van der Waals surface area contributed by atoms with Gasteiger partial charge in [0.05, 0.1) is 10.1 Å². The zero-order valence-corrected chi connectivity index (χ0v) is 15.9. The molecule has 2 aliphatic heterocycles. The standard InChI is InChI=1S/C17H19NO4S3/c19-24(20,15-5-2-1-3-6-15)16-11-13-8-9-14(12-16)18(13)25(21,22)17-7-4-10-23-17/h1-7,10,13-14,16H,8-9,11-12H2. The highest BCUT2D eigenvalue weighted by Crippen LogP contribution is 2.43. The Labute approximate surface area is 152 Å². The molecule has 0 N–H and O–H groups in total. The van der Waals surface area contributed by atoms with Crippen LogP contribution < -0.4 is 0 Å². The van der Waals surface area contributed by atoms with Gasteiger partial charge in [-0.05, 0) is 49.3 Å². The van der Waals surface area contributed by atoms with E-state index in [9.17, 15) is 16.8 Å². The van der Waals surface area contributed by atoms with Crippen molar-refractivity contribution >= 4 is 31.2 Å². The van der Waals surface area contributed by atoms with Crippen molar-refractivity contribution in [2.24, 2.45) is 0 Å². The van der Waals surface area contributed by atoms with Gasteiger partial charge in [0, 0.05) is 12.1 Å². The zero-order chi connectivity index (χ0) is 17.7. The SMILES string of the molecule is O=S(=O)(c1ccccc1)C1CC2CCC(C1)N2S(=O)(=O)c1cccs1. The number of hydrogen-bond donors (Lipinski definition) is 0. The van der Waals surface area contributed by atoms with E-state index in [1.54, 1.807) is 52.1 Å². The maximum absolute atomic E-state index is 12.9. The first-order chi connectivity index (χ1) is 11.9. The number of hydrogen-bond acceptors (Lipinski definition) is 5. The van der Waals surface area contributed by atoms with Gasteiger partial charge in [-0.2, -0.15) is 4.31 Å². The molecule has 2 saturated heterocycles. The number of thiophene rings is 1. The Morgan fingerprint density at radius 1 is 0.880 bits per heavy atom. The topological polar surface area (TPSA) is 71.5 Å². The van der Waals surface area contributed by atoms with Gasteiger partial charge in [0.2, 0.25) is 0 Å². The monoisotopic (exact) mass is 397 g/mol. The van der Waals surface area contributed by atoms with Gasteiger partial charge in [0.15, 0.2) is 9.84 Å². The maximum atomic E-state index is 12.9. The Hall–Kier alpha value is -1.22. The minimum Gasteiger partial charge on any atom is -0.223 e. The predicted molar refractivity (Wildman–Crippen MR) is 96.8 cm³/mol. The molecule has 0 spiro atoms. The Kier molecular flexibility index (Phi) is 4.26. The Morgan fingerprint density at radius 3 is 2.08 bits per heavy atom. The average Bonchev–Trinajstić information content (AvgIpc) is 3.23. The number of nitrogens with zero attached hydrogens (tertiary/aromatic N) is 1. The fourth-order valence-electron chi connectivity index (χ4n) is 4.05. The normalized spacial score (nSPS) is 27.4. The number of sulfonamides is 1. The third-order valence-electron chi connectivity index (χ3n) is 5.16. The van der Waals surface area contributed by atoms with E-state index in [2.05, 4.69) is 0 Å². The van der Waals surface area contributed by atoms with Crippen LogP contribution in [0, 0.1) is 0 Å². The quantitative estimate of drug-likeness (QED) is 0.795. The third-order valence-corrected chi connectivity index (χ3v) is 10.7. The van der Waals surface area contributed by atoms with E-state index >= 15 is 0 Å². The van der Waals surface area contributed by atoms with Crippen molar-refractivity contribution in [1.29, 1.82) is 0 Å². The molecule has 3 heterocycles. The van der Waals surface area contributed by atoms with Crippen LogP contribution in [0.25, 0.3) is 0 Å². The average molecular weight is 398 g/mol. The summed E-state index contributed by atoms with van der Waals surface area (Å²) in [6.45, 7) is 0. The van der Waals surface area contributed by atoms with Crippen LogP contribution >= 0.6 is 11.3 Å². The van der Waals surface area contributed by atoms with Crippen LogP contribution in [0.3, 0.4) is 0 Å². The van der Waals surface area contributed by atoms with E-state index in [0.717, 1.165) is 12.8 Å². The van der Waals surface area contributed by atoms with Crippen molar-refractivity contribution in [3.63, 3.8) is 0 Å². The van der Waals surface area contributed by atoms with Gasteiger partial charge in [0.1, 0.15) is 4.21 Å². The van der Waals surface area contributed by atoms with Crippen LogP contribution in [-0.2, 0) is 19.9 Å². The van der Waals surface area contributed by atoms with Crippen LogP contribution in [0.15, 0.2) is 56.9 Å². The summed E-state index contributed by atoms with van der Waals surface area (Å²) in [5.41, 5.74) is 0. The summed E-state index contributed by atoms with van der Waals surface area (Å²) < 4.78 is 53.6. The molecule has 2 aromatic rings. The highest BCUT2D eigenvalue weighted by molar-refractivity contribution is 7.92. The van der Waals surface area contributed by atoms with Gasteiger partial charge in [-0.1, -0.05) is 24.3 Å². The molecular weight excluding hydrogens is 378 g/mol. The van der Waals surface area contributed by atoms with Gasteiger partial charge in [-0.15, -0.1) is 11.3 Å². The summed E-state index contributed by atoms with van der Waals surface area (Å²) in [4.78, 5) is 0.328. The number of benzene rings is 1. The van der Waals surface area contributed by atoms with E-state index in [1.807, 2.05) is 0 Å². The van der Waals surface area contributed by atoms with E-state index in [1.165, 1.54) is 11.3 Å². The fourth-order valence-corrected chi connectivity index (χ4v) is 8.91. The summed E-state index contributed by atoms with van der Waals surface area (Å²) in [5.74, 6) is 0. The van der Waals surface area contributed by atoms with Crippen LogP contribution in [0.2, 0.25) is 0 Å². The fraction of sp³-hybridized carbons (Fsp3) is 0.412. The maximum Gasteiger partial charge on any atom is 0.253 e. The number of piperidine rings is 1. The van der Waals surface area contributed by atoms with Gasteiger partial charge in [0.25, 0.3) is 10.0 Å². The molecule has 4 rings (SSSR count). The molecule has 8 heteroatoms. The molecule has 0 aliphatic carbocycles. The van der Waals surface area contributed by atoms with Crippen molar-refractivity contribution < 1.29 is 16.8 Å². The molecule has 2 unspecified atom stereocenters. The summed E-state index contributed by atoms with van der Waals surface area (Å²) in [6, 6.07) is 11.4. The van der Waals surface area contributed by atoms with Crippen molar-refractivity contribution in [2.75, 3.05) is 0 Å². The summed E-state index contributed by atoms with van der Waals surface area (Å²) in [7, 11) is -6.96. The van der Waals surface area contributed by atoms with E-state index < -0.39 is 25.1 Å². The summed E-state index contributed by atoms with van der Waals surface area (Å²) >= 11 is 1.21. The van der Waals surface area contributed by atoms with Crippen molar-refractivity contribution in [3.05, 3.63) is 47.8 Å². The minimum absolute atomic E-state index is 0.227. The van der Waals surface area contributed by atoms with Gasteiger partial charge < -0.3 is 0 Å². The number of fused-ring (bicyclic) bond motifs is 2. The van der Waals surface area contributed by atoms with Gasteiger partial charge in [-0.25, -0.2) is 16.8 Å².